The van der Waals surface area contributed by atoms with Crippen molar-refractivity contribution in [1.29, 1.82) is 0 Å². The van der Waals surface area contributed by atoms with E-state index in [1.165, 1.54) is 15.9 Å². The van der Waals surface area contributed by atoms with Crippen LogP contribution in [0, 0.1) is 6.92 Å². The van der Waals surface area contributed by atoms with Crippen LogP contribution < -0.4 is 11.3 Å². The highest BCUT2D eigenvalue weighted by atomic mass is 35.5. The summed E-state index contributed by atoms with van der Waals surface area (Å²) in [6, 6.07) is 3.72. The van der Waals surface area contributed by atoms with Gasteiger partial charge in [-0.3, -0.25) is 9.89 Å². The smallest absolute Gasteiger partial charge is 0.277 e. The van der Waals surface area contributed by atoms with Gasteiger partial charge in [-0.2, -0.15) is 9.50 Å². The number of H-pyrrole nitrogens is 1. The fourth-order valence-electron chi connectivity index (χ4n) is 1.90. The average molecular weight is 296 g/mol. The molecule has 0 aliphatic heterocycles. The maximum absolute atomic E-state index is 12.3. The summed E-state index contributed by atoms with van der Waals surface area (Å²) in [5.41, 5.74) is 6.61. The highest BCUT2D eigenvalue weighted by Gasteiger charge is 2.13. The Morgan fingerprint density at radius 1 is 1.47 bits per heavy atom. The molecule has 0 bridgehead atoms. The van der Waals surface area contributed by atoms with E-state index >= 15 is 0 Å². The number of hydrogen-bond donors (Lipinski definition) is 2. The largest absolute Gasteiger partial charge is 0.368 e. The SMILES string of the molecule is Cc1nc2nc(N)[nH]n2c(=O)c1Cc1ccc(Cl)s1. The number of rotatable bonds is 2. The molecule has 3 rings (SSSR count). The molecular formula is C11H10ClN5OS. The van der Waals surface area contributed by atoms with Crippen molar-refractivity contribution in [2.75, 3.05) is 5.73 Å². The molecule has 0 fully saturated rings. The van der Waals surface area contributed by atoms with Crippen LogP contribution in [0.25, 0.3) is 5.78 Å². The van der Waals surface area contributed by atoms with Gasteiger partial charge in [-0.15, -0.1) is 11.3 Å². The highest BCUT2D eigenvalue weighted by molar-refractivity contribution is 7.16. The summed E-state index contributed by atoms with van der Waals surface area (Å²) in [5, 5.41) is 2.67. The van der Waals surface area contributed by atoms with Crippen LogP contribution in [0.2, 0.25) is 4.34 Å². The standard InChI is InChI=1S/C11H10ClN5OS/c1-5-7(4-6-2-3-8(12)19-6)9(18)17-11(14-5)15-10(13)16-17/h2-3H,4H2,1H3,(H3,13,14,15,16). The topological polar surface area (TPSA) is 89.1 Å². The monoisotopic (exact) mass is 295 g/mol. The van der Waals surface area contributed by atoms with Crippen LogP contribution in [0.1, 0.15) is 16.1 Å². The molecule has 0 amide bonds. The van der Waals surface area contributed by atoms with Crippen molar-refractivity contribution in [2.24, 2.45) is 0 Å². The van der Waals surface area contributed by atoms with Gasteiger partial charge in [0.25, 0.3) is 11.3 Å². The number of nitrogens with two attached hydrogens (primary N) is 1. The highest BCUT2D eigenvalue weighted by Crippen LogP contribution is 2.23. The summed E-state index contributed by atoms with van der Waals surface area (Å²) < 4.78 is 1.96. The molecule has 3 N–H and O–H groups in total. The van der Waals surface area contributed by atoms with Crippen LogP contribution in [-0.2, 0) is 6.42 Å². The molecule has 0 aromatic carbocycles. The molecule has 0 aliphatic rings. The molecule has 3 aromatic rings. The number of aromatic amines is 1. The van der Waals surface area contributed by atoms with Crippen LogP contribution in [0.4, 0.5) is 5.95 Å². The third-order valence-corrected chi connectivity index (χ3v) is 4.02. The van der Waals surface area contributed by atoms with E-state index in [1.807, 2.05) is 12.1 Å². The Bertz CT molecular complexity index is 818. The fourth-order valence-corrected chi connectivity index (χ4v) is 3.00. The predicted octanol–water partition coefficient (Wildman–Crippen LogP) is 1.61. The lowest BCUT2D eigenvalue weighted by Gasteiger charge is -2.02. The zero-order valence-electron chi connectivity index (χ0n) is 9.98. The Kier molecular flexibility index (Phi) is 2.79. The van der Waals surface area contributed by atoms with Crippen LogP contribution >= 0.6 is 22.9 Å². The number of hydrogen-bond acceptors (Lipinski definition) is 5. The van der Waals surface area contributed by atoms with Gasteiger partial charge < -0.3 is 5.73 Å². The number of thiophene rings is 1. The van der Waals surface area contributed by atoms with E-state index in [0.717, 1.165) is 4.88 Å². The number of aromatic nitrogens is 4. The van der Waals surface area contributed by atoms with E-state index in [9.17, 15) is 4.79 Å². The van der Waals surface area contributed by atoms with E-state index in [4.69, 9.17) is 17.3 Å². The first-order valence-corrected chi connectivity index (χ1v) is 6.72. The van der Waals surface area contributed by atoms with E-state index < -0.39 is 0 Å². The lowest BCUT2D eigenvalue weighted by Crippen LogP contribution is -2.22. The molecule has 3 aromatic heterocycles. The minimum Gasteiger partial charge on any atom is -0.368 e. The minimum absolute atomic E-state index is 0.167. The molecule has 0 radical (unpaired) electrons. The van der Waals surface area contributed by atoms with Gasteiger partial charge in [0.2, 0.25) is 5.95 Å². The lowest BCUT2D eigenvalue weighted by molar-refractivity contribution is 0.864. The number of anilines is 1. The zero-order chi connectivity index (χ0) is 13.6. The molecule has 0 atom stereocenters. The molecule has 0 saturated carbocycles. The van der Waals surface area contributed by atoms with Crippen molar-refractivity contribution >= 4 is 34.7 Å². The third-order valence-electron chi connectivity index (χ3n) is 2.79. The molecular weight excluding hydrogens is 286 g/mol. The second kappa shape index (κ2) is 4.36. The molecule has 98 valence electrons. The second-order valence-electron chi connectivity index (χ2n) is 4.11. The van der Waals surface area contributed by atoms with E-state index in [2.05, 4.69) is 15.1 Å². The third kappa shape index (κ3) is 2.11. The van der Waals surface area contributed by atoms with Crippen LogP contribution in [0.5, 0.6) is 0 Å². The summed E-state index contributed by atoms with van der Waals surface area (Å²) in [7, 11) is 0. The number of aryl methyl sites for hydroxylation is 1. The predicted molar refractivity (Wildman–Crippen MR) is 74.9 cm³/mol. The Morgan fingerprint density at radius 2 is 2.26 bits per heavy atom. The van der Waals surface area contributed by atoms with E-state index in [-0.39, 0.29) is 17.3 Å². The molecule has 0 unspecified atom stereocenters. The minimum atomic E-state index is -0.184. The lowest BCUT2D eigenvalue weighted by atomic mass is 10.1. The van der Waals surface area contributed by atoms with Crippen molar-refractivity contribution in [2.45, 2.75) is 13.3 Å². The molecule has 0 saturated heterocycles. The van der Waals surface area contributed by atoms with Gasteiger partial charge in [-0.05, 0) is 19.1 Å². The maximum atomic E-state index is 12.3. The molecule has 19 heavy (non-hydrogen) atoms. The normalized spacial score (nSPS) is 11.3. The summed E-state index contributed by atoms with van der Waals surface area (Å²) in [4.78, 5) is 21.6. The number of nitrogens with one attached hydrogen (secondary N) is 1. The first kappa shape index (κ1) is 12.2. The number of fused-ring (bicyclic) bond motifs is 1. The summed E-state index contributed by atoms with van der Waals surface area (Å²) in [6.45, 7) is 1.79. The summed E-state index contributed by atoms with van der Waals surface area (Å²) >= 11 is 7.34. The number of halogens is 1. The fraction of sp³-hybridized carbons (Fsp3) is 0.182. The van der Waals surface area contributed by atoms with Crippen LogP contribution in [-0.4, -0.2) is 19.6 Å². The Hall–Kier alpha value is -1.86. The Balaban J connectivity index is 2.15. The Morgan fingerprint density at radius 3 is 2.95 bits per heavy atom. The summed E-state index contributed by atoms with van der Waals surface area (Å²) in [6.07, 6.45) is 0.497. The van der Waals surface area contributed by atoms with Gasteiger partial charge in [-0.25, -0.2) is 4.98 Å². The van der Waals surface area contributed by atoms with Gasteiger partial charge in [-0.1, -0.05) is 11.6 Å². The van der Waals surface area contributed by atoms with Crippen LogP contribution in [0.15, 0.2) is 16.9 Å². The quantitative estimate of drug-likeness (QED) is 0.752. The van der Waals surface area contributed by atoms with Gasteiger partial charge in [0, 0.05) is 16.9 Å². The van der Waals surface area contributed by atoms with Gasteiger partial charge in [0.05, 0.1) is 10.0 Å². The van der Waals surface area contributed by atoms with Gasteiger partial charge in [0.1, 0.15) is 0 Å². The molecule has 0 aliphatic carbocycles. The molecule has 6 nitrogen and oxygen atoms in total. The van der Waals surface area contributed by atoms with Gasteiger partial charge in [0.15, 0.2) is 0 Å². The molecule has 0 spiro atoms. The summed E-state index contributed by atoms with van der Waals surface area (Å²) in [5.74, 6) is 0.452. The number of nitrogens with zero attached hydrogens (tertiary/aromatic N) is 3. The van der Waals surface area contributed by atoms with Crippen molar-refractivity contribution in [3.63, 3.8) is 0 Å². The molecule has 3 heterocycles. The average Bonchev–Trinajstić information content (AvgIpc) is 2.90. The Labute approximate surface area is 116 Å². The van der Waals surface area contributed by atoms with Crippen LogP contribution in [0.3, 0.4) is 0 Å². The van der Waals surface area contributed by atoms with Gasteiger partial charge >= 0.3 is 0 Å². The second-order valence-corrected chi connectivity index (χ2v) is 5.91. The van der Waals surface area contributed by atoms with Crippen molar-refractivity contribution in [1.82, 2.24) is 19.6 Å². The van der Waals surface area contributed by atoms with E-state index in [0.29, 0.717) is 22.0 Å². The van der Waals surface area contributed by atoms with Crippen molar-refractivity contribution in [3.8, 4) is 0 Å². The number of nitrogen functional groups attached to an aromatic ring is 1. The van der Waals surface area contributed by atoms with Crippen molar-refractivity contribution < 1.29 is 0 Å². The first-order chi connectivity index (χ1) is 9.04. The van der Waals surface area contributed by atoms with Crippen molar-refractivity contribution in [3.05, 3.63) is 43.0 Å². The zero-order valence-corrected chi connectivity index (χ0v) is 11.5. The first-order valence-electron chi connectivity index (χ1n) is 5.52. The molecule has 8 heteroatoms. The van der Waals surface area contributed by atoms with E-state index in [1.54, 1.807) is 6.92 Å². The maximum Gasteiger partial charge on any atom is 0.277 e.